The Morgan fingerprint density at radius 2 is 1.89 bits per heavy atom. The Morgan fingerprint density at radius 3 is 2.50 bits per heavy atom. The first-order valence-corrected chi connectivity index (χ1v) is 10.9. The molecule has 3 aliphatic heterocycles. The van der Waals surface area contributed by atoms with Gasteiger partial charge in [-0.25, -0.2) is 8.42 Å². The summed E-state index contributed by atoms with van der Waals surface area (Å²) in [7, 11) is -3.84. The number of hydrogen-bond donors (Lipinski definition) is 0. The van der Waals surface area contributed by atoms with Gasteiger partial charge in [-0.05, 0) is 44.4 Å². The predicted octanol–water partition coefficient (Wildman–Crippen LogP) is 2.28. The fraction of sp³-hybridized carbons (Fsp3) is 0.722. The molecule has 156 valence electrons. The van der Waals surface area contributed by atoms with Crippen LogP contribution in [0.5, 0.6) is 0 Å². The molecule has 0 aliphatic carbocycles. The Balaban J connectivity index is 1.44. The van der Waals surface area contributed by atoms with E-state index in [1.807, 2.05) is 0 Å². The molecule has 4 rings (SSSR count). The second-order valence-electron chi connectivity index (χ2n) is 8.17. The highest BCUT2D eigenvalue weighted by molar-refractivity contribution is 7.89. The maximum absolute atomic E-state index is 12.9. The summed E-state index contributed by atoms with van der Waals surface area (Å²) in [5, 5.41) is 0. The van der Waals surface area contributed by atoms with Crippen molar-refractivity contribution in [3.8, 4) is 0 Å². The van der Waals surface area contributed by atoms with Gasteiger partial charge in [0.15, 0.2) is 0 Å². The lowest BCUT2D eigenvalue weighted by Crippen LogP contribution is -2.59. The molecule has 0 N–H and O–H groups in total. The van der Waals surface area contributed by atoms with E-state index in [4.69, 9.17) is 4.74 Å². The second-order valence-corrected chi connectivity index (χ2v) is 10.1. The van der Waals surface area contributed by atoms with E-state index in [0.29, 0.717) is 19.1 Å². The summed E-state index contributed by atoms with van der Waals surface area (Å²) in [6, 6.07) is 1.30. The normalized spacial score (nSPS) is 24.6. The van der Waals surface area contributed by atoms with E-state index in [-0.39, 0.29) is 15.9 Å². The first-order valence-electron chi connectivity index (χ1n) is 9.47. The maximum atomic E-state index is 12.9. The lowest BCUT2D eigenvalue weighted by molar-refractivity contribution is -0.141. The fourth-order valence-corrected chi connectivity index (χ4v) is 6.39. The van der Waals surface area contributed by atoms with Gasteiger partial charge in [0.2, 0.25) is 10.0 Å². The lowest BCUT2D eigenvalue weighted by atomic mass is 9.81. The Hall–Kier alpha value is -1.23. The molecular weight excluding hydrogens is 395 g/mol. The largest absolute Gasteiger partial charge is 0.433 e. The van der Waals surface area contributed by atoms with Crippen LogP contribution < -0.4 is 0 Å². The molecule has 1 aromatic rings. The molecule has 28 heavy (non-hydrogen) atoms. The Morgan fingerprint density at radius 1 is 1.21 bits per heavy atom. The molecule has 1 aromatic heterocycles. The van der Waals surface area contributed by atoms with Gasteiger partial charge in [-0.1, -0.05) is 0 Å². The molecule has 0 saturated carbocycles. The third-order valence-corrected chi connectivity index (χ3v) is 8.09. The first kappa shape index (κ1) is 20.1. The number of ether oxygens (including phenoxy) is 1. The molecule has 0 atom stereocenters. The summed E-state index contributed by atoms with van der Waals surface area (Å²) in [6.07, 6.45) is -0.795. The van der Waals surface area contributed by atoms with Gasteiger partial charge in [0.25, 0.3) is 0 Å². The van der Waals surface area contributed by atoms with E-state index in [1.54, 1.807) is 0 Å². The zero-order valence-corrected chi connectivity index (χ0v) is 16.5. The molecule has 0 unspecified atom stereocenters. The number of pyridine rings is 1. The van der Waals surface area contributed by atoms with Gasteiger partial charge in [-0.3, -0.25) is 9.88 Å². The van der Waals surface area contributed by atoms with Crippen LogP contribution in [0.4, 0.5) is 13.2 Å². The van der Waals surface area contributed by atoms with Crippen LogP contribution in [0.3, 0.4) is 0 Å². The molecule has 0 radical (unpaired) electrons. The topological polar surface area (TPSA) is 62.7 Å². The van der Waals surface area contributed by atoms with E-state index in [2.05, 4.69) is 9.88 Å². The Bertz CT molecular complexity index is 847. The van der Waals surface area contributed by atoms with Crippen LogP contribution in [0.2, 0.25) is 0 Å². The molecule has 1 spiro atoms. The number of aryl methyl sites for hydroxylation is 1. The van der Waals surface area contributed by atoms with E-state index in [0.717, 1.165) is 57.8 Å². The molecular formula is C18H24F3N3O3S. The highest BCUT2D eigenvalue weighted by Gasteiger charge is 2.52. The van der Waals surface area contributed by atoms with Crippen molar-refractivity contribution in [2.45, 2.75) is 43.3 Å². The summed E-state index contributed by atoms with van der Waals surface area (Å²) in [5.41, 5.74) is -1.05. The van der Waals surface area contributed by atoms with Crippen molar-refractivity contribution in [2.24, 2.45) is 5.41 Å². The SMILES string of the molecule is Cc1cc(C(F)(F)F)ncc1S(=O)(=O)N1CC2(CCN(C3CCOCC3)C2)C1. The number of nitrogens with zero attached hydrogens (tertiary/aromatic N) is 3. The van der Waals surface area contributed by atoms with Crippen molar-refractivity contribution in [1.82, 2.24) is 14.2 Å². The maximum Gasteiger partial charge on any atom is 0.433 e. The van der Waals surface area contributed by atoms with Gasteiger partial charge >= 0.3 is 6.18 Å². The monoisotopic (exact) mass is 419 g/mol. The van der Waals surface area contributed by atoms with Gasteiger partial charge in [0.05, 0.1) is 0 Å². The Labute approximate surface area is 162 Å². The van der Waals surface area contributed by atoms with Crippen LogP contribution in [-0.2, 0) is 20.9 Å². The highest BCUT2D eigenvalue weighted by Crippen LogP contribution is 2.43. The van der Waals surface area contributed by atoms with Crippen molar-refractivity contribution >= 4 is 10.0 Å². The lowest BCUT2D eigenvalue weighted by Gasteiger charge is -2.47. The molecule has 3 saturated heterocycles. The summed E-state index contributed by atoms with van der Waals surface area (Å²) in [5.74, 6) is 0. The third kappa shape index (κ3) is 3.55. The molecule has 0 aromatic carbocycles. The van der Waals surface area contributed by atoms with Crippen LogP contribution >= 0.6 is 0 Å². The Kier molecular flexibility index (Phi) is 4.96. The molecule has 0 amide bonds. The van der Waals surface area contributed by atoms with Gasteiger partial charge in [-0.2, -0.15) is 17.5 Å². The van der Waals surface area contributed by atoms with E-state index >= 15 is 0 Å². The number of hydrogen-bond acceptors (Lipinski definition) is 5. The van der Waals surface area contributed by atoms with Crippen LogP contribution in [-0.4, -0.2) is 68.0 Å². The zero-order valence-electron chi connectivity index (χ0n) is 15.7. The molecule has 10 heteroatoms. The summed E-state index contributed by atoms with van der Waals surface area (Å²) in [4.78, 5) is 5.63. The quantitative estimate of drug-likeness (QED) is 0.752. The van der Waals surface area contributed by atoms with E-state index in [1.165, 1.54) is 11.2 Å². The second kappa shape index (κ2) is 6.93. The predicted molar refractivity (Wildman–Crippen MR) is 95.2 cm³/mol. The van der Waals surface area contributed by atoms with Gasteiger partial charge < -0.3 is 4.74 Å². The molecule has 0 bridgehead atoms. The number of likely N-dealkylation sites (tertiary alicyclic amines) is 1. The van der Waals surface area contributed by atoms with Crippen LogP contribution in [0, 0.1) is 12.3 Å². The molecule has 6 nitrogen and oxygen atoms in total. The summed E-state index contributed by atoms with van der Waals surface area (Å²) < 4.78 is 70.9. The van der Waals surface area contributed by atoms with E-state index < -0.39 is 21.9 Å². The zero-order chi connectivity index (χ0) is 20.2. The van der Waals surface area contributed by atoms with Crippen molar-refractivity contribution in [3.63, 3.8) is 0 Å². The average Bonchev–Trinajstić information content (AvgIpc) is 3.06. The molecule has 3 fully saturated rings. The van der Waals surface area contributed by atoms with Gasteiger partial charge in [-0.15, -0.1) is 0 Å². The number of alkyl halides is 3. The minimum atomic E-state index is -4.59. The summed E-state index contributed by atoms with van der Waals surface area (Å²) >= 11 is 0. The van der Waals surface area contributed by atoms with Gasteiger partial charge in [0.1, 0.15) is 10.6 Å². The van der Waals surface area contributed by atoms with Crippen LogP contribution in [0.15, 0.2) is 17.2 Å². The number of aromatic nitrogens is 1. The summed E-state index contributed by atoms with van der Waals surface area (Å²) in [6.45, 7) is 5.57. The average molecular weight is 419 g/mol. The standard InChI is InChI=1S/C18H24F3N3O3S/c1-13-8-16(18(19,20)21)22-9-15(13)28(25,26)24-11-17(12-24)4-5-23(10-17)14-2-6-27-7-3-14/h8-9,14H,2-7,10-12H2,1H3. The smallest absolute Gasteiger partial charge is 0.381 e. The fourth-order valence-electron chi connectivity index (χ4n) is 4.57. The van der Waals surface area contributed by atoms with Crippen LogP contribution in [0.25, 0.3) is 0 Å². The molecule has 3 aliphatic rings. The highest BCUT2D eigenvalue weighted by atomic mass is 32.2. The number of rotatable bonds is 3. The van der Waals surface area contributed by atoms with Gasteiger partial charge in [0, 0.05) is 50.5 Å². The third-order valence-electron chi connectivity index (χ3n) is 6.17. The van der Waals surface area contributed by atoms with Crippen LogP contribution in [0.1, 0.15) is 30.5 Å². The number of sulfonamides is 1. The minimum absolute atomic E-state index is 0.0430. The minimum Gasteiger partial charge on any atom is -0.381 e. The number of halogens is 3. The molecule has 4 heterocycles. The van der Waals surface area contributed by atoms with E-state index in [9.17, 15) is 21.6 Å². The van der Waals surface area contributed by atoms with Crippen molar-refractivity contribution < 1.29 is 26.3 Å². The first-order chi connectivity index (χ1) is 13.1. The van der Waals surface area contributed by atoms with Crippen molar-refractivity contribution in [1.29, 1.82) is 0 Å². The van der Waals surface area contributed by atoms with Crippen molar-refractivity contribution in [2.75, 3.05) is 39.4 Å². The van der Waals surface area contributed by atoms with Crippen molar-refractivity contribution in [3.05, 3.63) is 23.5 Å².